The Kier molecular flexibility index (Phi) is 8.60. The molecule has 2 heterocycles. The second-order valence-corrected chi connectivity index (χ2v) is 12.6. The molecule has 0 unspecified atom stereocenters. The maximum Gasteiger partial charge on any atom is 0.412 e. The SMILES string of the molecule is CC(C)(C)Cc1cnc(CSc2cnc(NC(=O)Cc3cccc(NC(=O)OC(C)(C)C)c3)s2)o1. The van der Waals surface area contributed by atoms with E-state index in [4.69, 9.17) is 9.15 Å². The minimum atomic E-state index is -0.587. The number of nitrogens with one attached hydrogen (secondary N) is 2. The Morgan fingerprint density at radius 2 is 1.86 bits per heavy atom. The van der Waals surface area contributed by atoms with Crippen LogP contribution in [0.1, 0.15) is 58.8 Å². The van der Waals surface area contributed by atoms with E-state index >= 15 is 0 Å². The van der Waals surface area contributed by atoms with Crippen LogP contribution in [-0.2, 0) is 28.1 Å². The Labute approximate surface area is 214 Å². The first kappa shape index (κ1) is 26.7. The van der Waals surface area contributed by atoms with Crippen molar-refractivity contribution in [3.63, 3.8) is 0 Å². The Morgan fingerprint density at radius 3 is 2.57 bits per heavy atom. The number of rotatable bonds is 8. The van der Waals surface area contributed by atoms with Gasteiger partial charge in [-0.3, -0.25) is 10.1 Å². The Morgan fingerprint density at radius 1 is 1.09 bits per heavy atom. The summed E-state index contributed by atoms with van der Waals surface area (Å²) >= 11 is 2.97. The summed E-state index contributed by atoms with van der Waals surface area (Å²) in [6, 6.07) is 7.10. The molecular formula is C25H32N4O4S2. The number of thioether (sulfide) groups is 1. The lowest BCUT2D eigenvalue weighted by atomic mass is 9.91. The maximum atomic E-state index is 12.5. The molecule has 188 valence electrons. The van der Waals surface area contributed by atoms with Crippen LogP contribution in [0.2, 0.25) is 0 Å². The minimum Gasteiger partial charge on any atom is -0.445 e. The molecule has 0 aliphatic rings. The van der Waals surface area contributed by atoms with E-state index in [0.717, 1.165) is 22.0 Å². The van der Waals surface area contributed by atoms with E-state index in [-0.39, 0.29) is 17.7 Å². The van der Waals surface area contributed by atoms with Crippen molar-refractivity contribution in [3.05, 3.63) is 53.9 Å². The number of hydrogen-bond acceptors (Lipinski definition) is 8. The molecule has 10 heteroatoms. The number of amides is 2. The average Bonchev–Trinajstić information content (AvgIpc) is 3.32. The number of hydrogen-bond donors (Lipinski definition) is 2. The summed E-state index contributed by atoms with van der Waals surface area (Å²) in [7, 11) is 0. The van der Waals surface area contributed by atoms with E-state index in [2.05, 4.69) is 41.4 Å². The molecular weight excluding hydrogens is 484 g/mol. The van der Waals surface area contributed by atoms with Crippen molar-refractivity contribution in [1.29, 1.82) is 0 Å². The fourth-order valence-corrected chi connectivity index (χ4v) is 4.81. The second-order valence-electron chi connectivity index (χ2n) is 10.3. The van der Waals surface area contributed by atoms with Crippen LogP contribution in [0.4, 0.5) is 15.6 Å². The van der Waals surface area contributed by atoms with Crippen LogP contribution in [0.5, 0.6) is 0 Å². The molecule has 0 radical (unpaired) electrons. The number of aromatic nitrogens is 2. The predicted molar refractivity (Wildman–Crippen MR) is 140 cm³/mol. The van der Waals surface area contributed by atoms with Gasteiger partial charge in [0.2, 0.25) is 11.8 Å². The van der Waals surface area contributed by atoms with E-state index in [9.17, 15) is 9.59 Å². The zero-order chi connectivity index (χ0) is 25.6. The zero-order valence-corrected chi connectivity index (χ0v) is 22.6. The van der Waals surface area contributed by atoms with Crippen molar-refractivity contribution in [2.45, 2.75) is 69.9 Å². The lowest BCUT2D eigenvalue weighted by Crippen LogP contribution is -2.27. The summed E-state index contributed by atoms with van der Waals surface area (Å²) in [5, 5.41) is 6.05. The van der Waals surface area contributed by atoms with Gasteiger partial charge >= 0.3 is 6.09 Å². The molecule has 2 N–H and O–H groups in total. The van der Waals surface area contributed by atoms with Gasteiger partial charge in [0.15, 0.2) is 5.13 Å². The number of ether oxygens (including phenoxy) is 1. The number of oxazole rings is 1. The van der Waals surface area contributed by atoms with Crippen molar-refractivity contribution in [1.82, 2.24) is 9.97 Å². The Bertz CT molecular complexity index is 1160. The summed E-state index contributed by atoms with van der Waals surface area (Å²) in [6.07, 6.45) is 3.97. The van der Waals surface area contributed by atoms with E-state index in [1.54, 1.807) is 63.1 Å². The van der Waals surface area contributed by atoms with Crippen molar-refractivity contribution in [3.8, 4) is 0 Å². The summed E-state index contributed by atoms with van der Waals surface area (Å²) in [5.41, 5.74) is 0.882. The summed E-state index contributed by atoms with van der Waals surface area (Å²) < 4.78 is 12.0. The molecule has 0 saturated carbocycles. The van der Waals surface area contributed by atoms with Gasteiger partial charge in [0.05, 0.1) is 28.8 Å². The molecule has 3 aromatic rings. The third kappa shape index (κ3) is 9.73. The van der Waals surface area contributed by atoms with Gasteiger partial charge in [-0.2, -0.15) is 0 Å². The van der Waals surface area contributed by atoms with Crippen LogP contribution in [0.15, 0.2) is 45.3 Å². The third-order valence-electron chi connectivity index (χ3n) is 4.31. The second kappa shape index (κ2) is 11.3. The van der Waals surface area contributed by atoms with Crippen molar-refractivity contribution in [2.75, 3.05) is 10.6 Å². The average molecular weight is 517 g/mol. The molecule has 0 atom stereocenters. The quantitative estimate of drug-likeness (QED) is 0.327. The van der Waals surface area contributed by atoms with Gasteiger partial charge in [-0.1, -0.05) is 44.2 Å². The lowest BCUT2D eigenvalue weighted by molar-refractivity contribution is -0.115. The molecule has 8 nitrogen and oxygen atoms in total. The molecule has 3 rings (SSSR count). The Balaban J connectivity index is 1.48. The molecule has 35 heavy (non-hydrogen) atoms. The number of carbonyl (C=O) groups is 2. The molecule has 2 aromatic heterocycles. The highest BCUT2D eigenvalue weighted by Gasteiger charge is 2.17. The van der Waals surface area contributed by atoms with Crippen LogP contribution in [0, 0.1) is 5.41 Å². The van der Waals surface area contributed by atoms with Crippen LogP contribution < -0.4 is 10.6 Å². The number of benzene rings is 1. The van der Waals surface area contributed by atoms with E-state index < -0.39 is 11.7 Å². The van der Waals surface area contributed by atoms with Gasteiger partial charge in [-0.15, -0.1) is 11.8 Å². The first-order valence-corrected chi connectivity index (χ1v) is 13.1. The topological polar surface area (TPSA) is 106 Å². The number of thiazole rings is 1. The molecule has 0 saturated heterocycles. The summed E-state index contributed by atoms with van der Waals surface area (Å²) in [6.45, 7) is 11.9. The molecule has 0 aliphatic heterocycles. The van der Waals surface area contributed by atoms with E-state index in [1.165, 1.54) is 11.3 Å². The van der Waals surface area contributed by atoms with E-state index in [0.29, 0.717) is 22.5 Å². The molecule has 0 fully saturated rings. The predicted octanol–water partition coefficient (Wildman–Crippen LogP) is 6.54. The van der Waals surface area contributed by atoms with Crippen molar-refractivity contribution < 1.29 is 18.7 Å². The van der Waals surface area contributed by atoms with Crippen molar-refractivity contribution in [2.24, 2.45) is 5.41 Å². The number of anilines is 2. The Hall–Kier alpha value is -2.85. The van der Waals surface area contributed by atoms with Gasteiger partial charge in [0.1, 0.15) is 11.4 Å². The zero-order valence-electron chi connectivity index (χ0n) is 20.9. The molecule has 1 aromatic carbocycles. The first-order chi connectivity index (χ1) is 16.3. The normalized spacial score (nSPS) is 11.8. The molecule has 0 spiro atoms. The van der Waals surface area contributed by atoms with Crippen LogP contribution in [0.25, 0.3) is 0 Å². The van der Waals surface area contributed by atoms with Crippen LogP contribution >= 0.6 is 23.1 Å². The van der Waals surface area contributed by atoms with Gasteiger partial charge in [0.25, 0.3) is 0 Å². The van der Waals surface area contributed by atoms with Gasteiger partial charge in [-0.25, -0.2) is 14.8 Å². The van der Waals surface area contributed by atoms with Crippen LogP contribution in [-0.4, -0.2) is 27.6 Å². The smallest absolute Gasteiger partial charge is 0.412 e. The fraction of sp³-hybridized carbons (Fsp3) is 0.440. The summed E-state index contributed by atoms with van der Waals surface area (Å²) in [4.78, 5) is 33.1. The third-order valence-corrected chi connectivity index (χ3v) is 6.40. The molecule has 0 bridgehead atoms. The highest BCUT2D eigenvalue weighted by Crippen LogP contribution is 2.31. The lowest BCUT2D eigenvalue weighted by Gasteiger charge is -2.19. The molecule has 0 aliphatic carbocycles. The minimum absolute atomic E-state index is 0.144. The number of carbonyl (C=O) groups excluding carboxylic acids is 2. The van der Waals surface area contributed by atoms with Crippen LogP contribution in [0.3, 0.4) is 0 Å². The monoisotopic (exact) mass is 516 g/mol. The largest absolute Gasteiger partial charge is 0.445 e. The van der Waals surface area contributed by atoms with Gasteiger partial charge in [-0.05, 0) is 43.9 Å². The number of nitrogens with zero attached hydrogens (tertiary/aromatic N) is 2. The van der Waals surface area contributed by atoms with E-state index in [1.807, 2.05) is 6.07 Å². The maximum absolute atomic E-state index is 12.5. The first-order valence-electron chi connectivity index (χ1n) is 11.3. The molecule has 2 amide bonds. The van der Waals surface area contributed by atoms with Gasteiger partial charge < -0.3 is 14.5 Å². The highest BCUT2D eigenvalue weighted by atomic mass is 32.2. The van der Waals surface area contributed by atoms with Crippen molar-refractivity contribution >= 4 is 45.9 Å². The standard InChI is InChI=1S/C25H32N4O4S2/c1-24(2,3)12-18-13-26-20(32-18)15-34-21-14-27-22(35-21)29-19(30)11-16-8-7-9-17(10-16)28-23(31)33-25(4,5)6/h7-10,13-14H,11-12,15H2,1-6H3,(H,28,31)(H,27,29,30). The summed E-state index contributed by atoms with van der Waals surface area (Å²) in [5.74, 6) is 1.96. The van der Waals surface area contributed by atoms with Gasteiger partial charge in [0, 0.05) is 12.1 Å². The fourth-order valence-electron chi connectivity index (χ4n) is 3.07. The highest BCUT2D eigenvalue weighted by molar-refractivity contribution is 8.00.